The van der Waals surface area contributed by atoms with Gasteiger partial charge in [0.1, 0.15) is 0 Å². The van der Waals surface area contributed by atoms with Crippen LogP contribution in [-0.4, -0.2) is 23.8 Å². The predicted octanol–water partition coefficient (Wildman–Crippen LogP) is 5.68. The van der Waals surface area contributed by atoms with Crippen LogP contribution < -0.4 is 5.32 Å². The third kappa shape index (κ3) is 12.0. The van der Waals surface area contributed by atoms with E-state index >= 15 is 0 Å². The van der Waals surface area contributed by atoms with Crippen LogP contribution >= 0.6 is 11.8 Å². The van der Waals surface area contributed by atoms with Crippen molar-refractivity contribution >= 4 is 11.8 Å². The van der Waals surface area contributed by atoms with Crippen molar-refractivity contribution < 1.29 is 0 Å². The van der Waals surface area contributed by atoms with Crippen LogP contribution in [0.15, 0.2) is 29.4 Å². The van der Waals surface area contributed by atoms with Crippen molar-refractivity contribution in [2.45, 2.75) is 76.2 Å². The van der Waals surface area contributed by atoms with Crippen molar-refractivity contribution in [1.82, 2.24) is 10.3 Å². The highest BCUT2D eigenvalue weighted by Crippen LogP contribution is 2.16. The molecule has 1 aromatic rings. The summed E-state index contributed by atoms with van der Waals surface area (Å²) in [6, 6.07) is 6.13. The summed E-state index contributed by atoms with van der Waals surface area (Å²) in [6.07, 6.45) is 15.6. The number of aromatic nitrogens is 1. The van der Waals surface area contributed by atoms with Crippen LogP contribution in [0.1, 0.15) is 71.1 Å². The zero-order valence-electron chi connectivity index (χ0n) is 14.4. The maximum atomic E-state index is 4.33. The minimum atomic E-state index is 1.16. The van der Waals surface area contributed by atoms with Gasteiger partial charge in [-0.15, -0.1) is 11.8 Å². The molecule has 0 amide bonds. The van der Waals surface area contributed by atoms with E-state index in [0.29, 0.717) is 0 Å². The third-order valence-corrected chi connectivity index (χ3v) is 4.87. The van der Waals surface area contributed by atoms with Gasteiger partial charge in [0, 0.05) is 6.20 Å². The largest absolute Gasteiger partial charge is 0.317 e. The summed E-state index contributed by atoms with van der Waals surface area (Å²) in [5.41, 5.74) is 0. The number of unbranched alkanes of at least 4 members (excludes halogenated alkanes) is 8. The molecule has 0 unspecified atom stereocenters. The van der Waals surface area contributed by atoms with Crippen LogP contribution in [0, 0.1) is 0 Å². The first-order chi connectivity index (χ1) is 10.9. The van der Waals surface area contributed by atoms with E-state index in [9.17, 15) is 0 Å². The van der Waals surface area contributed by atoms with Gasteiger partial charge in [-0.1, -0.05) is 57.9 Å². The summed E-state index contributed by atoms with van der Waals surface area (Å²) in [5.74, 6) is 1.20. The molecule has 1 aromatic heterocycles. The lowest BCUT2D eigenvalue weighted by Crippen LogP contribution is -2.16. The molecule has 22 heavy (non-hydrogen) atoms. The van der Waals surface area contributed by atoms with Gasteiger partial charge in [-0.2, -0.15) is 0 Å². The van der Waals surface area contributed by atoms with E-state index in [1.807, 2.05) is 24.0 Å². The van der Waals surface area contributed by atoms with Crippen LogP contribution in [0.4, 0.5) is 0 Å². The molecule has 0 aromatic carbocycles. The molecular weight excluding hydrogens is 288 g/mol. The molecular formula is C19H34N2S. The zero-order valence-corrected chi connectivity index (χ0v) is 15.2. The lowest BCUT2D eigenvalue weighted by molar-refractivity contribution is 0.552. The van der Waals surface area contributed by atoms with Crippen molar-refractivity contribution in [3.63, 3.8) is 0 Å². The lowest BCUT2D eigenvalue weighted by Gasteiger charge is -2.05. The highest BCUT2D eigenvalue weighted by Gasteiger charge is 1.95. The number of rotatable bonds is 15. The van der Waals surface area contributed by atoms with Crippen LogP contribution in [0.25, 0.3) is 0 Å². The van der Waals surface area contributed by atoms with E-state index in [-0.39, 0.29) is 0 Å². The fourth-order valence-electron chi connectivity index (χ4n) is 2.47. The predicted molar refractivity (Wildman–Crippen MR) is 99.7 cm³/mol. The Morgan fingerprint density at radius 3 is 2.23 bits per heavy atom. The van der Waals surface area contributed by atoms with Crippen molar-refractivity contribution in [3.8, 4) is 0 Å². The summed E-state index contributed by atoms with van der Waals surface area (Å²) < 4.78 is 0. The Kier molecular flexibility index (Phi) is 13.6. The second-order valence-corrected chi connectivity index (χ2v) is 7.06. The van der Waals surface area contributed by atoms with Crippen molar-refractivity contribution in [2.75, 3.05) is 18.8 Å². The third-order valence-electron chi connectivity index (χ3n) is 3.84. The fourth-order valence-corrected chi connectivity index (χ4v) is 3.34. The summed E-state index contributed by atoms with van der Waals surface area (Å²) in [5, 5.41) is 4.73. The van der Waals surface area contributed by atoms with Gasteiger partial charge < -0.3 is 5.32 Å². The molecule has 0 aliphatic heterocycles. The molecule has 0 aliphatic carbocycles. The molecule has 0 spiro atoms. The van der Waals surface area contributed by atoms with E-state index in [1.54, 1.807) is 0 Å². The van der Waals surface area contributed by atoms with Crippen LogP contribution in [0.3, 0.4) is 0 Å². The zero-order chi connectivity index (χ0) is 15.7. The first-order valence-corrected chi connectivity index (χ1v) is 10.2. The van der Waals surface area contributed by atoms with E-state index in [4.69, 9.17) is 0 Å². The highest BCUT2D eigenvalue weighted by atomic mass is 32.2. The Balaban J connectivity index is 1.73. The maximum absolute atomic E-state index is 4.33. The normalized spacial score (nSPS) is 11.0. The quantitative estimate of drug-likeness (QED) is 0.332. The molecule has 0 atom stereocenters. The molecule has 0 saturated heterocycles. The molecule has 1 heterocycles. The van der Waals surface area contributed by atoms with Crippen LogP contribution in [0.2, 0.25) is 0 Å². The van der Waals surface area contributed by atoms with Crippen LogP contribution in [0.5, 0.6) is 0 Å². The van der Waals surface area contributed by atoms with Crippen molar-refractivity contribution in [2.24, 2.45) is 0 Å². The van der Waals surface area contributed by atoms with Gasteiger partial charge >= 0.3 is 0 Å². The summed E-state index contributed by atoms with van der Waals surface area (Å²) >= 11 is 1.88. The van der Waals surface area contributed by atoms with Gasteiger partial charge in [0.2, 0.25) is 0 Å². The number of nitrogens with one attached hydrogen (secondary N) is 1. The molecule has 1 N–H and O–H groups in total. The maximum Gasteiger partial charge on any atom is 0.0959 e. The molecule has 3 heteroatoms. The number of pyridine rings is 1. The average Bonchev–Trinajstić information content (AvgIpc) is 2.56. The van der Waals surface area contributed by atoms with E-state index in [0.717, 1.165) is 5.03 Å². The SMILES string of the molecule is CCCCCCCCNCCCCCCSc1ccccn1. The Hall–Kier alpha value is -0.540. The van der Waals surface area contributed by atoms with E-state index in [1.165, 1.54) is 83.1 Å². The number of nitrogens with zero attached hydrogens (tertiary/aromatic N) is 1. The summed E-state index contributed by atoms with van der Waals surface area (Å²) in [4.78, 5) is 4.33. The number of hydrogen-bond acceptors (Lipinski definition) is 3. The van der Waals surface area contributed by atoms with Crippen molar-refractivity contribution in [3.05, 3.63) is 24.4 Å². The second kappa shape index (κ2) is 15.4. The topological polar surface area (TPSA) is 24.9 Å². The molecule has 0 saturated carbocycles. The van der Waals surface area contributed by atoms with Crippen LogP contribution in [-0.2, 0) is 0 Å². The number of thioether (sulfide) groups is 1. The lowest BCUT2D eigenvalue weighted by atomic mass is 10.1. The second-order valence-electron chi connectivity index (χ2n) is 5.95. The minimum Gasteiger partial charge on any atom is -0.317 e. The van der Waals surface area contributed by atoms with Crippen molar-refractivity contribution in [1.29, 1.82) is 0 Å². The molecule has 0 radical (unpaired) electrons. The van der Waals surface area contributed by atoms with Gasteiger partial charge in [-0.3, -0.25) is 0 Å². The minimum absolute atomic E-state index is 1.16. The molecule has 2 nitrogen and oxygen atoms in total. The fraction of sp³-hybridized carbons (Fsp3) is 0.737. The van der Waals surface area contributed by atoms with Gasteiger partial charge in [-0.25, -0.2) is 4.98 Å². The van der Waals surface area contributed by atoms with Gasteiger partial charge in [0.05, 0.1) is 5.03 Å². The molecule has 0 fully saturated rings. The summed E-state index contributed by atoms with van der Waals surface area (Å²) in [7, 11) is 0. The van der Waals surface area contributed by atoms with Gasteiger partial charge in [0.25, 0.3) is 0 Å². The monoisotopic (exact) mass is 322 g/mol. The van der Waals surface area contributed by atoms with E-state index < -0.39 is 0 Å². The smallest absolute Gasteiger partial charge is 0.0959 e. The molecule has 0 bridgehead atoms. The first kappa shape index (κ1) is 19.5. The standard InChI is InChI=1S/C19H34N2S/c1-2-3-4-5-6-10-15-20-16-11-7-8-13-18-22-19-14-9-12-17-21-19/h9,12,14,17,20H,2-8,10-11,13,15-16,18H2,1H3. The Morgan fingerprint density at radius 1 is 0.864 bits per heavy atom. The highest BCUT2D eigenvalue weighted by molar-refractivity contribution is 7.99. The first-order valence-electron chi connectivity index (χ1n) is 9.18. The Labute approximate surface area is 141 Å². The summed E-state index contributed by atoms with van der Waals surface area (Å²) in [6.45, 7) is 4.68. The average molecular weight is 323 g/mol. The molecule has 1 rings (SSSR count). The van der Waals surface area contributed by atoms with Gasteiger partial charge in [-0.05, 0) is 50.2 Å². The van der Waals surface area contributed by atoms with E-state index in [2.05, 4.69) is 29.4 Å². The Morgan fingerprint density at radius 2 is 1.55 bits per heavy atom. The molecule has 126 valence electrons. The Bertz CT molecular complexity index is 329. The molecule has 0 aliphatic rings. The van der Waals surface area contributed by atoms with Gasteiger partial charge in [0.15, 0.2) is 0 Å². The number of hydrogen-bond donors (Lipinski definition) is 1.